The van der Waals surface area contributed by atoms with E-state index in [1.165, 1.54) is 30.4 Å². The molecule has 0 unspecified atom stereocenters. The molecule has 0 saturated heterocycles. The Morgan fingerprint density at radius 3 is 2.65 bits per heavy atom. The van der Waals surface area contributed by atoms with Crippen molar-refractivity contribution in [2.24, 2.45) is 10.9 Å². The van der Waals surface area contributed by atoms with Crippen molar-refractivity contribution < 1.29 is 4.74 Å². The van der Waals surface area contributed by atoms with Gasteiger partial charge in [-0.05, 0) is 75.6 Å². The molecule has 0 spiro atoms. The van der Waals surface area contributed by atoms with Crippen molar-refractivity contribution in [3.63, 3.8) is 0 Å². The normalized spacial score (nSPS) is 15.6. The standard InChI is InChI=1S/C23H30N2O/c1-5-18(4)22(13-20-10-7-11-21(12-20)15-24)14-23(25-17(2)3)26-16-19-8-6-9-19/h7,10-12,14,19H,5-6,8-9,13,16H2,1-4H3/b22-18+,23-14+. The lowest BCUT2D eigenvalue weighted by Crippen LogP contribution is -2.17. The third-order valence-corrected chi connectivity index (χ3v) is 4.85. The van der Waals surface area contributed by atoms with Crippen LogP contribution in [0.4, 0.5) is 0 Å². The second kappa shape index (κ2) is 9.97. The van der Waals surface area contributed by atoms with E-state index in [-0.39, 0.29) is 0 Å². The third kappa shape index (κ3) is 6.19. The van der Waals surface area contributed by atoms with Gasteiger partial charge < -0.3 is 4.74 Å². The molecule has 0 N–H and O–H groups in total. The number of nitriles is 1. The highest BCUT2D eigenvalue weighted by molar-refractivity contribution is 5.80. The van der Waals surface area contributed by atoms with E-state index in [0.717, 1.165) is 30.7 Å². The summed E-state index contributed by atoms with van der Waals surface area (Å²) in [5, 5.41) is 9.14. The van der Waals surface area contributed by atoms with E-state index < -0.39 is 0 Å². The van der Waals surface area contributed by atoms with Gasteiger partial charge in [0.25, 0.3) is 0 Å². The molecule has 138 valence electrons. The minimum Gasteiger partial charge on any atom is -0.477 e. The molecule has 1 aliphatic carbocycles. The maximum atomic E-state index is 9.14. The maximum Gasteiger partial charge on any atom is 0.213 e. The topological polar surface area (TPSA) is 45.4 Å². The molecule has 0 bridgehead atoms. The van der Waals surface area contributed by atoms with Gasteiger partial charge in [0.15, 0.2) is 0 Å². The van der Waals surface area contributed by atoms with Crippen LogP contribution in [0.3, 0.4) is 0 Å². The average Bonchev–Trinajstić information content (AvgIpc) is 2.58. The monoisotopic (exact) mass is 350 g/mol. The van der Waals surface area contributed by atoms with E-state index in [4.69, 9.17) is 10.00 Å². The predicted molar refractivity (Wildman–Crippen MR) is 108 cm³/mol. The van der Waals surface area contributed by atoms with Crippen LogP contribution in [-0.4, -0.2) is 12.3 Å². The summed E-state index contributed by atoms with van der Waals surface area (Å²) in [6.07, 6.45) is 7.69. The molecule has 0 amide bonds. The first-order valence-electron chi connectivity index (χ1n) is 9.55. The Morgan fingerprint density at radius 1 is 1.31 bits per heavy atom. The number of rotatable bonds is 8. The number of nitrogens with zero attached hydrogens (tertiary/aromatic N) is 2. The van der Waals surface area contributed by atoms with E-state index in [9.17, 15) is 0 Å². The first-order valence-corrected chi connectivity index (χ1v) is 9.55. The lowest BCUT2D eigenvalue weighted by atomic mass is 9.86. The summed E-state index contributed by atoms with van der Waals surface area (Å²) in [6.45, 7) is 9.06. The number of hydrogen-bond donors (Lipinski definition) is 0. The Bertz CT molecular complexity index is 742. The highest BCUT2D eigenvalue weighted by Gasteiger charge is 2.18. The minimum atomic E-state index is 0.678. The fraction of sp³-hybridized carbons (Fsp3) is 0.478. The van der Waals surface area contributed by atoms with Crippen LogP contribution in [0.2, 0.25) is 0 Å². The van der Waals surface area contributed by atoms with Crippen molar-refractivity contribution in [3.8, 4) is 6.07 Å². The van der Waals surface area contributed by atoms with Gasteiger partial charge in [0.1, 0.15) is 0 Å². The van der Waals surface area contributed by atoms with E-state index in [0.29, 0.717) is 17.4 Å². The van der Waals surface area contributed by atoms with Crippen LogP contribution in [0.1, 0.15) is 64.5 Å². The molecule has 0 radical (unpaired) electrons. The van der Waals surface area contributed by atoms with Crippen LogP contribution in [0, 0.1) is 17.2 Å². The van der Waals surface area contributed by atoms with Gasteiger partial charge in [0.05, 0.1) is 18.2 Å². The Balaban J connectivity index is 2.25. The summed E-state index contributed by atoms with van der Waals surface area (Å²) >= 11 is 0. The molecular formula is C23H30N2O. The Labute approximate surface area is 158 Å². The first-order chi connectivity index (χ1) is 12.5. The molecule has 3 nitrogen and oxygen atoms in total. The quantitative estimate of drug-likeness (QED) is 0.329. The number of aliphatic imine (C=N–C) groups is 1. The van der Waals surface area contributed by atoms with Crippen molar-refractivity contribution in [1.29, 1.82) is 5.26 Å². The van der Waals surface area contributed by atoms with Gasteiger partial charge in [-0.2, -0.15) is 5.26 Å². The molecule has 3 heteroatoms. The highest BCUT2D eigenvalue weighted by atomic mass is 16.5. The molecule has 0 heterocycles. The average molecular weight is 351 g/mol. The number of benzene rings is 1. The maximum absolute atomic E-state index is 9.14. The number of ether oxygens (including phenoxy) is 1. The molecule has 1 aromatic carbocycles. The lowest BCUT2D eigenvalue weighted by molar-refractivity contribution is 0.120. The van der Waals surface area contributed by atoms with Gasteiger partial charge in [-0.1, -0.05) is 31.1 Å². The van der Waals surface area contributed by atoms with Gasteiger partial charge in [0.2, 0.25) is 5.88 Å². The van der Waals surface area contributed by atoms with E-state index in [1.54, 1.807) is 0 Å². The predicted octanol–water partition coefficient (Wildman–Crippen LogP) is 5.97. The zero-order valence-corrected chi connectivity index (χ0v) is 16.5. The lowest BCUT2D eigenvalue weighted by Gasteiger charge is -2.25. The number of allylic oxidation sites excluding steroid dienone is 3. The zero-order chi connectivity index (χ0) is 18.9. The van der Waals surface area contributed by atoms with Crippen molar-refractivity contribution in [3.05, 3.63) is 58.5 Å². The minimum absolute atomic E-state index is 0.678. The van der Waals surface area contributed by atoms with Crippen LogP contribution in [-0.2, 0) is 11.2 Å². The second-order valence-electron chi connectivity index (χ2n) is 7.30. The zero-order valence-electron chi connectivity index (χ0n) is 16.5. The van der Waals surface area contributed by atoms with Gasteiger partial charge in [0, 0.05) is 11.8 Å². The molecule has 2 rings (SSSR count). The molecule has 26 heavy (non-hydrogen) atoms. The van der Waals surface area contributed by atoms with Crippen LogP contribution in [0.15, 0.2) is 52.4 Å². The van der Waals surface area contributed by atoms with Gasteiger partial charge in [-0.25, -0.2) is 4.99 Å². The van der Waals surface area contributed by atoms with Crippen LogP contribution < -0.4 is 0 Å². The van der Waals surface area contributed by atoms with Gasteiger partial charge in [-0.15, -0.1) is 0 Å². The number of hydrogen-bond acceptors (Lipinski definition) is 3. The fourth-order valence-electron chi connectivity index (χ4n) is 2.86. The molecule has 0 atom stereocenters. The van der Waals surface area contributed by atoms with Crippen molar-refractivity contribution >= 4 is 5.71 Å². The molecule has 1 saturated carbocycles. The second-order valence-corrected chi connectivity index (χ2v) is 7.30. The smallest absolute Gasteiger partial charge is 0.213 e. The van der Waals surface area contributed by atoms with Crippen LogP contribution in [0.5, 0.6) is 0 Å². The van der Waals surface area contributed by atoms with E-state index in [1.807, 2.05) is 32.0 Å². The fourth-order valence-corrected chi connectivity index (χ4v) is 2.86. The first kappa shape index (κ1) is 20.0. The highest BCUT2D eigenvalue weighted by Crippen LogP contribution is 2.27. The SMILES string of the molecule is CC/C(C)=C(/C=C(\N=C(C)C)OCC1CCC1)Cc1cccc(C#N)c1. The largest absolute Gasteiger partial charge is 0.477 e. The third-order valence-electron chi connectivity index (χ3n) is 4.85. The molecule has 1 fully saturated rings. The summed E-state index contributed by atoms with van der Waals surface area (Å²) in [5.74, 6) is 1.38. The van der Waals surface area contributed by atoms with Crippen molar-refractivity contribution in [1.82, 2.24) is 0 Å². The summed E-state index contributed by atoms with van der Waals surface area (Å²) in [6, 6.07) is 10.0. The van der Waals surface area contributed by atoms with Gasteiger partial charge >= 0.3 is 0 Å². The summed E-state index contributed by atoms with van der Waals surface area (Å²) in [7, 11) is 0. The molecule has 0 aliphatic heterocycles. The summed E-state index contributed by atoms with van der Waals surface area (Å²) in [4.78, 5) is 4.61. The molecule has 1 aliphatic rings. The Kier molecular flexibility index (Phi) is 7.66. The van der Waals surface area contributed by atoms with Crippen molar-refractivity contribution in [2.45, 2.75) is 59.8 Å². The Hall–Kier alpha value is -2.34. The molecule has 0 aromatic heterocycles. The van der Waals surface area contributed by atoms with Crippen molar-refractivity contribution in [2.75, 3.05) is 6.61 Å². The molecule has 1 aromatic rings. The van der Waals surface area contributed by atoms with E-state index >= 15 is 0 Å². The summed E-state index contributed by atoms with van der Waals surface area (Å²) < 4.78 is 6.05. The summed E-state index contributed by atoms with van der Waals surface area (Å²) in [5.41, 5.74) is 5.37. The van der Waals surface area contributed by atoms with E-state index in [2.05, 4.69) is 37.1 Å². The van der Waals surface area contributed by atoms with Crippen LogP contribution >= 0.6 is 0 Å². The Morgan fingerprint density at radius 2 is 2.08 bits per heavy atom. The van der Waals surface area contributed by atoms with Gasteiger partial charge in [-0.3, -0.25) is 0 Å². The van der Waals surface area contributed by atoms with Crippen LogP contribution in [0.25, 0.3) is 0 Å². The molecular weight excluding hydrogens is 320 g/mol.